The maximum Gasteiger partial charge on any atom is 0.163 e. The Kier molecular flexibility index (Phi) is 3.20. The van der Waals surface area contributed by atoms with Crippen molar-refractivity contribution in [2.45, 2.75) is 32.1 Å². The van der Waals surface area contributed by atoms with E-state index in [0.717, 1.165) is 18.4 Å². The maximum absolute atomic E-state index is 12.4. The lowest BCUT2D eigenvalue weighted by atomic mass is 9.74. The van der Waals surface area contributed by atoms with E-state index in [9.17, 15) is 4.79 Å². The topological polar surface area (TPSA) is 17.1 Å². The number of hydrogen-bond acceptors (Lipinski definition) is 1. The summed E-state index contributed by atoms with van der Waals surface area (Å²) in [5.74, 6) is 0.713. The van der Waals surface area contributed by atoms with Crippen molar-refractivity contribution in [3.05, 3.63) is 70.8 Å². The Balaban J connectivity index is 1.77. The zero-order valence-electron chi connectivity index (χ0n) is 11.2. The highest BCUT2D eigenvalue weighted by molar-refractivity contribution is 5.98. The van der Waals surface area contributed by atoms with Crippen molar-refractivity contribution in [1.82, 2.24) is 0 Å². The average molecular weight is 250 g/mol. The molecule has 0 fully saturated rings. The first kappa shape index (κ1) is 12.2. The third kappa shape index (κ3) is 2.21. The zero-order chi connectivity index (χ0) is 13.2. The smallest absolute Gasteiger partial charge is 0.163 e. The van der Waals surface area contributed by atoms with Gasteiger partial charge in [0.1, 0.15) is 0 Å². The van der Waals surface area contributed by atoms with Gasteiger partial charge in [0.05, 0.1) is 0 Å². The molecule has 0 aromatic heterocycles. The molecule has 96 valence electrons. The standard InChI is InChI=1S/C18H18O/c1-2-13-7-3-6-10-17(13)18(19)12-15-11-14-8-4-5-9-16(14)15/h3-10,15H,2,11-12H2,1H3. The number of ketones is 1. The van der Waals surface area contributed by atoms with Gasteiger partial charge in [0.2, 0.25) is 0 Å². The molecule has 1 aliphatic carbocycles. The van der Waals surface area contributed by atoms with E-state index in [0.29, 0.717) is 12.3 Å². The van der Waals surface area contributed by atoms with Gasteiger partial charge in [-0.05, 0) is 35.4 Å². The molecule has 0 bridgehead atoms. The van der Waals surface area contributed by atoms with E-state index in [1.807, 2.05) is 18.2 Å². The van der Waals surface area contributed by atoms with Crippen molar-refractivity contribution in [3.63, 3.8) is 0 Å². The minimum Gasteiger partial charge on any atom is -0.294 e. The van der Waals surface area contributed by atoms with Crippen molar-refractivity contribution in [2.75, 3.05) is 0 Å². The lowest BCUT2D eigenvalue weighted by molar-refractivity contribution is 0.0969. The van der Waals surface area contributed by atoms with E-state index in [2.05, 4.69) is 37.3 Å². The fourth-order valence-corrected chi connectivity index (χ4v) is 2.98. The van der Waals surface area contributed by atoms with Gasteiger partial charge in [-0.3, -0.25) is 4.79 Å². The second-order valence-corrected chi connectivity index (χ2v) is 5.24. The van der Waals surface area contributed by atoms with Gasteiger partial charge in [-0.2, -0.15) is 0 Å². The summed E-state index contributed by atoms with van der Waals surface area (Å²) in [5.41, 5.74) is 4.85. The molecule has 0 radical (unpaired) electrons. The summed E-state index contributed by atoms with van der Waals surface area (Å²) in [4.78, 5) is 12.4. The van der Waals surface area contributed by atoms with Gasteiger partial charge in [-0.25, -0.2) is 0 Å². The second kappa shape index (κ2) is 5.00. The molecule has 0 heterocycles. The van der Waals surface area contributed by atoms with E-state index >= 15 is 0 Å². The summed E-state index contributed by atoms with van der Waals surface area (Å²) in [6.07, 6.45) is 2.62. The number of rotatable bonds is 4. The molecule has 1 aliphatic rings. The third-order valence-electron chi connectivity index (χ3n) is 4.09. The average Bonchev–Trinajstić information content (AvgIpc) is 2.44. The summed E-state index contributed by atoms with van der Waals surface area (Å²) < 4.78 is 0. The van der Waals surface area contributed by atoms with Gasteiger partial charge in [0, 0.05) is 12.0 Å². The molecule has 0 saturated carbocycles. The Bertz CT molecular complexity index is 613. The molecule has 2 aromatic rings. The summed E-state index contributed by atoms with van der Waals surface area (Å²) in [6, 6.07) is 16.4. The summed E-state index contributed by atoms with van der Waals surface area (Å²) in [7, 11) is 0. The second-order valence-electron chi connectivity index (χ2n) is 5.24. The van der Waals surface area contributed by atoms with Crippen LogP contribution in [0, 0.1) is 0 Å². The molecule has 0 aliphatic heterocycles. The van der Waals surface area contributed by atoms with Gasteiger partial charge < -0.3 is 0 Å². The zero-order valence-corrected chi connectivity index (χ0v) is 11.2. The number of aryl methyl sites for hydroxylation is 1. The minimum atomic E-state index is 0.289. The van der Waals surface area contributed by atoms with Gasteiger partial charge >= 0.3 is 0 Å². The van der Waals surface area contributed by atoms with Crippen LogP contribution in [0.4, 0.5) is 0 Å². The Morgan fingerprint density at radius 1 is 1.11 bits per heavy atom. The Labute approximate surface area is 114 Å². The highest BCUT2D eigenvalue weighted by Gasteiger charge is 2.28. The number of carbonyl (C=O) groups is 1. The highest BCUT2D eigenvalue weighted by atomic mass is 16.1. The number of Topliss-reactive ketones (excluding diaryl/α,β-unsaturated/α-hetero) is 1. The molecule has 0 amide bonds. The highest BCUT2D eigenvalue weighted by Crippen LogP contribution is 2.38. The van der Waals surface area contributed by atoms with Crippen molar-refractivity contribution in [3.8, 4) is 0 Å². The van der Waals surface area contributed by atoms with Crippen molar-refractivity contribution in [1.29, 1.82) is 0 Å². The van der Waals surface area contributed by atoms with Crippen LogP contribution in [0.25, 0.3) is 0 Å². The molecule has 1 unspecified atom stereocenters. The fraction of sp³-hybridized carbons (Fsp3) is 0.278. The molecule has 0 spiro atoms. The van der Waals surface area contributed by atoms with E-state index < -0.39 is 0 Å². The lowest BCUT2D eigenvalue weighted by Crippen LogP contribution is -2.20. The van der Waals surface area contributed by atoms with Crippen LogP contribution in [0.15, 0.2) is 48.5 Å². The Morgan fingerprint density at radius 3 is 2.63 bits per heavy atom. The van der Waals surface area contributed by atoms with Crippen molar-refractivity contribution < 1.29 is 4.79 Å². The number of carbonyl (C=O) groups excluding carboxylic acids is 1. The molecule has 19 heavy (non-hydrogen) atoms. The molecule has 2 aromatic carbocycles. The predicted octanol–water partition coefficient (Wildman–Crippen LogP) is 4.16. The predicted molar refractivity (Wildman–Crippen MR) is 77.7 cm³/mol. The molecule has 1 heteroatoms. The molecule has 0 N–H and O–H groups in total. The van der Waals surface area contributed by atoms with Crippen LogP contribution in [0.5, 0.6) is 0 Å². The fourth-order valence-electron chi connectivity index (χ4n) is 2.98. The van der Waals surface area contributed by atoms with Crippen LogP contribution in [0.3, 0.4) is 0 Å². The first-order valence-corrected chi connectivity index (χ1v) is 6.98. The van der Waals surface area contributed by atoms with E-state index in [1.165, 1.54) is 16.7 Å². The largest absolute Gasteiger partial charge is 0.294 e. The van der Waals surface area contributed by atoms with E-state index in [-0.39, 0.29) is 5.78 Å². The lowest BCUT2D eigenvalue weighted by Gasteiger charge is -2.29. The molecule has 0 saturated heterocycles. The number of hydrogen-bond donors (Lipinski definition) is 0. The minimum absolute atomic E-state index is 0.289. The van der Waals surface area contributed by atoms with Gasteiger partial charge in [0.25, 0.3) is 0 Å². The third-order valence-corrected chi connectivity index (χ3v) is 4.09. The van der Waals surface area contributed by atoms with Crippen LogP contribution in [0.2, 0.25) is 0 Å². The van der Waals surface area contributed by atoms with E-state index in [1.54, 1.807) is 0 Å². The molecule has 1 atom stereocenters. The number of benzene rings is 2. The maximum atomic E-state index is 12.4. The van der Waals surface area contributed by atoms with Crippen LogP contribution < -0.4 is 0 Å². The molecular weight excluding hydrogens is 232 g/mol. The SMILES string of the molecule is CCc1ccccc1C(=O)CC1Cc2ccccc21. The summed E-state index contributed by atoms with van der Waals surface area (Å²) in [6.45, 7) is 2.10. The van der Waals surface area contributed by atoms with Gasteiger partial charge in [-0.1, -0.05) is 55.5 Å². The van der Waals surface area contributed by atoms with Crippen LogP contribution in [0.1, 0.15) is 46.3 Å². The molecular formula is C18H18O. The van der Waals surface area contributed by atoms with Crippen molar-refractivity contribution in [2.24, 2.45) is 0 Å². The van der Waals surface area contributed by atoms with Crippen molar-refractivity contribution >= 4 is 5.78 Å². The van der Waals surface area contributed by atoms with Gasteiger partial charge in [0.15, 0.2) is 5.78 Å². The normalized spacial score (nSPS) is 16.6. The monoisotopic (exact) mass is 250 g/mol. The summed E-state index contributed by atoms with van der Waals surface area (Å²) >= 11 is 0. The van der Waals surface area contributed by atoms with E-state index in [4.69, 9.17) is 0 Å². The van der Waals surface area contributed by atoms with Crippen LogP contribution >= 0.6 is 0 Å². The molecule has 3 rings (SSSR count). The first-order chi connectivity index (χ1) is 9.29. The Hall–Kier alpha value is -1.89. The summed E-state index contributed by atoms with van der Waals surface area (Å²) in [5, 5.41) is 0. The van der Waals surface area contributed by atoms with Crippen LogP contribution in [-0.2, 0) is 12.8 Å². The first-order valence-electron chi connectivity index (χ1n) is 6.98. The molecule has 1 nitrogen and oxygen atoms in total. The Morgan fingerprint density at radius 2 is 1.84 bits per heavy atom. The quantitative estimate of drug-likeness (QED) is 0.745. The number of fused-ring (bicyclic) bond motifs is 1. The van der Waals surface area contributed by atoms with Gasteiger partial charge in [-0.15, -0.1) is 0 Å². The van der Waals surface area contributed by atoms with Crippen LogP contribution in [-0.4, -0.2) is 5.78 Å².